The number of aryl methyl sites for hydroxylation is 1. The van der Waals surface area contributed by atoms with E-state index in [2.05, 4.69) is 25.4 Å². The number of sulfone groups is 1. The van der Waals surface area contributed by atoms with Crippen molar-refractivity contribution < 1.29 is 13.2 Å². The van der Waals surface area contributed by atoms with Gasteiger partial charge in [-0.3, -0.25) is 14.8 Å². The van der Waals surface area contributed by atoms with Crippen molar-refractivity contribution in [2.45, 2.75) is 13.5 Å². The monoisotopic (exact) mass is 459 g/mol. The van der Waals surface area contributed by atoms with E-state index in [9.17, 15) is 13.2 Å². The normalized spacial score (nSPS) is 16.2. The number of benzene rings is 2. The lowest BCUT2D eigenvalue weighted by Crippen LogP contribution is -2.39. The molecule has 0 radical (unpaired) electrons. The zero-order valence-electron chi connectivity index (χ0n) is 16.9. The van der Waals surface area contributed by atoms with Crippen LogP contribution in [0.15, 0.2) is 42.5 Å². The highest BCUT2D eigenvalue weighted by molar-refractivity contribution is 7.91. The molecule has 0 atom stereocenters. The molecule has 2 heterocycles. The number of carbonyl (C=O) groups excluding carboxylic acids is 1. The van der Waals surface area contributed by atoms with Crippen LogP contribution in [0.2, 0.25) is 5.02 Å². The number of hydrogen-bond donors (Lipinski definition) is 2. The Kier molecular flexibility index (Phi) is 6.08. The minimum atomic E-state index is -2.91. The molecule has 162 valence electrons. The van der Waals surface area contributed by atoms with Crippen LogP contribution in [0.3, 0.4) is 0 Å². The number of hydrogen-bond acceptors (Lipinski definition) is 6. The Balaban J connectivity index is 1.43. The fourth-order valence-corrected chi connectivity index (χ4v) is 4.96. The molecule has 31 heavy (non-hydrogen) atoms. The summed E-state index contributed by atoms with van der Waals surface area (Å²) in [5, 5.41) is 10.2. The lowest BCUT2D eigenvalue weighted by molar-refractivity contribution is 0.102. The first-order chi connectivity index (χ1) is 14.8. The number of nitrogens with zero attached hydrogens (tertiary/aromatic N) is 3. The predicted molar refractivity (Wildman–Crippen MR) is 120 cm³/mol. The fraction of sp³-hybridized carbons (Fsp3) is 0.286. The average molecular weight is 460 g/mol. The van der Waals surface area contributed by atoms with Crippen molar-refractivity contribution in [2.24, 2.45) is 0 Å². The molecule has 0 unspecified atom stereocenters. The zero-order valence-corrected chi connectivity index (χ0v) is 18.5. The summed E-state index contributed by atoms with van der Waals surface area (Å²) in [6.45, 7) is 3.43. The topological polar surface area (TPSA) is 108 Å². The number of carbonyl (C=O) groups is 1. The number of amides is 1. The molecule has 2 N–H and O–H groups in total. The van der Waals surface area contributed by atoms with Gasteiger partial charge in [0.2, 0.25) is 0 Å². The van der Waals surface area contributed by atoms with E-state index in [1.165, 1.54) is 0 Å². The van der Waals surface area contributed by atoms with Crippen LogP contribution in [-0.4, -0.2) is 59.0 Å². The fourth-order valence-electron chi connectivity index (χ4n) is 3.42. The Bertz CT molecular complexity index is 1210. The summed E-state index contributed by atoms with van der Waals surface area (Å²) in [5.41, 5.74) is 2.72. The van der Waals surface area contributed by atoms with Gasteiger partial charge in [0.25, 0.3) is 5.91 Å². The zero-order chi connectivity index (χ0) is 22.0. The van der Waals surface area contributed by atoms with Crippen LogP contribution in [0.4, 0.5) is 5.69 Å². The predicted octanol–water partition coefficient (Wildman–Crippen LogP) is 2.92. The molecule has 1 aromatic heterocycles. The van der Waals surface area contributed by atoms with Crippen molar-refractivity contribution >= 4 is 33.0 Å². The van der Waals surface area contributed by atoms with Gasteiger partial charge >= 0.3 is 0 Å². The highest BCUT2D eigenvalue weighted by Crippen LogP contribution is 2.28. The van der Waals surface area contributed by atoms with Gasteiger partial charge < -0.3 is 5.32 Å². The first-order valence-corrected chi connectivity index (χ1v) is 12.0. The van der Waals surface area contributed by atoms with Crippen molar-refractivity contribution in [1.82, 2.24) is 20.1 Å². The molecular formula is C21H22ClN5O3S. The van der Waals surface area contributed by atoms with Crippen LogP contribution in [0.1, 0.15) is 21.7 Å². The Hall–Kier alpha value is -2.75. The molecule has 0 saturated carbocycles. The number of aromatic nitrogens is 3. The summed E-state index contributed by atoms with van der Waals surface area (Å²) < 4.78 is 23.2. The van der Waals surface area contributed by atoms with E-state index in [4.69, 9.17) is 11.6 Å². The third-order valence-corrected chi connectivity index (χ3v) is 7.02. The smallest absolute Gasteiger partial charge is 0.255 e. The number of anilines is 1. The summed E-state index contributed by atoms with van der Waals surface area (Å²) in [6.07, 6.45) is 0. The molecule has 1 amide bonds. The van der Waals surface area contributed by atoms with Crippen LogP contribution in [0.5, 0.6) is 0 Å². The SMILES string of the molecule is Cc1nc(-c2ccc(NC(=O)c3cccc(CN4CCS(=O)(=O)CC4)c3)cc2Cl)n[nH]1. The molecular weight excluding hydrogens is 438 g/mol. The lowest BCUT2D eigenvalue weighted by atomic mass is 10.1. The molecule has 2 aromatic carbocycles. The maximum atomic E-state index is 12.7. The van der Waals surface area contributed by atoms with E-state index in [-0.39, 0.29) is 17.4 Å². The maximum absolute atomic E-state index is 12.7. The lowest BCUT2D eigenvalue weighted by Gasteiger charge is -2.26. The van der Waals surface area contributed by atoms with Crippen LogP contribution >= 0.6 is 11.6 Å². The van der Waals surface area contributed by atoms with Gasteiger partial charge in [-0.15, -0.1) is 0 Å². The largest absolute Gasteiger partial charge is 0.322 e. The number of rotatable bonds is 5. The number of H-pyrrole nitrogens is 1. The molecule has 3 aromatic rings. The minimum Gasteiger partial charge on any atom is -0.322 e. The third kappa shape index (κ3) is 5.30. The quantitative estimate of drug-likeness (QED) is 0.607. The van der Waals surface area contributed by atoms with Crippen molar-refractivity contribution in [3.63, 3.8) is 0 Å². The van der Waals surface area contributed by atoms with Gasteiger partial charge in [-0.25, -0.2) is 13.4 Å². The standard InChI is InChI=1S/C21H22ClN5O3S/c1-14-23-20(26-25-14)18-6-5-17(12-19(18)22)24-21(28)16-4-2-3-15(11-16)13-27-7-9-31(29,30)10-8-27/h2-6,11-12H,7-10,13H2,1H3,(H,24,28)(H,23,25,26). The molecule has 1 saturated heterocycles. The second-order valence-corrected chi connectivity index (χ2v) is 10.2. The Morgan fingerprint density at radius 1 is 1.19 bits per heavy atom. The van der Waals surface area contributed by atoms with Gasteiger partial charge in [-0.2, -0.15) is 5.10 Å². The Labute approximate surface area is 185 Å². The Morgan fingerprint density at radius 3 is 2.65 bits per heavy atom. The van der Waals surface area contributed by atoms with Crippen molar-refractivity contribution in [3.05, 3.63) is 64.4 Å². The van der Waals surface area contributed by atoms with E-state index in [1.807, 2.05) is 18.2 Å². The van der Waals surface area contributed by atoms with Gasteiger partial charge in [-0.1, -0.05) is 23.7 Å². The van der Waals surface area contributed by atoms with Crippen molar-refractivity contribution in [2.75, 3.05) is 29.9 Å². The van der Waals surface area contributed by atoms with E-state index in [0.29, 0.717) is 53.1 Å². The minimum absolute atomic E-state index is 0.178. The van der Waals surface area contributed by atoms with E-state index >= 15 is 0 Å². The molecule has 8 nitrogen and oxygen atoms in total. The van der Waals surface area contributed by atoms with Crippen molar-refractivity contribution in [3.8, 4) is 11.4 Å². The molecule has 1 aliphatic rings. The molecule has 10 heteroatoms. The molecule has 0 bridgehead atoms. The van der Waals surface area contributed by atoms with Crippen LogP contribution in [0.25, 0.3) is 11.4 Å². The molecule has 1 aliphatic heterocycles. The number of nitrogens with one attached hydrogen (secondary N) is 2. The average Bonchev–Trinajstić information content (AvgIpc) is 3.16. The van der Waals surface area contributed by atoms with E-state index in [1.54, 1.807) is 31.2 Å². The van der Waals surface area contributed by atoms with E-state index in [0.717, 1.165) is 5.56 Å². The van der Waals surface area contributed by atoms with Gasteiger partial charge in [-0.05, 0) is 42.8 Å². The number of aromatic amines is 1. The summed E-state index contributed by atoms with van der Waals surface area (Å²) in [4.78, 5) is 19.1. The second-order valence-electron chi connectivity index (χ2n) is 7.52. The first kappa shape index (κ1) is 21.5. The summed E-state index contributed by atoms with van der Waals surface area (Å²) in [7, 11) is -2.91. The first-order valence-electron chi connectivity index (χ1n) is 9.81. The van der Waals surface area contributed by atoms with E-state index < -0.39 is 9.84 Å². The van der Waals surface area contributed by atoms with Gasteiger partial charge in [0.05, 0.1) is 16.5 Å². The summed E-state index contributed by atoms with van der Waals surface area (Å²) in [5.74, 6) is 1.29. The van der Waals surface area contributed by atoms with Gasteiger partial charge in [0, 0.05) is 36.4 Å². The van der Waals surface area contributed by atoms with Crippen molar-refractivity contribution in [1.29, 1.82) is 0 Å². The molecule has 0 spiro atoms. The molecule has 4 rings (SSSR count). The summed E-state index contributed by atoms with van der Waals surface area (Å²) >= 11 is 6.36. The second kappa shape index (κ2) is 8.78. The van der Waals surface area contributed by atoms with Crippen LogP contribution in [0, 0.1) is 6.92 Å². The Morgan fingerprint density at radius 2 is 1.97 bits per heavy atom. The van der Waals surface area contributed by atoms with Crippen LogP contribution < -0.4 is 5.32 Å². The molecule has 1 fully saturated rings. The maximum Gasteiger partial charge on any atom is 0.255 e. The summed E-state index contributed by atoms with van der Waals surface area (Å²) in [6, 6.07) is 12.5. The highest BCUT2D eigenvalue weighted by Gasteiger charge is 2.21. The van der Waals surface area contributed by atoms with Gasteiger partial charge in [0.1, 0.15) is 5.82 Å². The molecule has 0 aliphatic carbocycles. The third-order valence-electron chi connectivity index (χ3n) is 5.10. The van der Waals surface area contributed by atoms with Crippen LogP contribution in [-0.2, 0) is 16.4 Å². The highest BCUT2D eigenvalue weighted by atomic mass is 35.5. The van der Waals surface area contributed by atoms with Gasteiger partial charge in [0.15, 0.2) is 15.7 Å². The number of halogens is 1.